The number of carbonyl (C=O) groups is 2. The Balaban J connectivity index is 2.12. The maximum Gasteiger partial charge on any atom is 0.303 e. The Kier molecular flexibility index (Phi) is 4.77. The van der Waals surface area contributed by atoms with Crippen LogP contribution in [0, 0.1) is 5.92 Å². The van der Waals surface area contributed by atoms with E-state index < -0.39 is 5.97 Å². The number of carbonyl (C=O) groups excluding carboxylic acids is 1. The average molecular weight is 291 g/mol. The van der Waals surface area contributed by atoms with E-state index in [0.717, 1.165) is 25.1 Å². The third kappa shape index (κ3) is 3.93. The fourth-order valence-electron chi connectivity index (χ4n) is 2.68. The maximum absolute atomic E-state index is 12.0. The number of anilines is 1. The monoisotopic (exact) mass is 291 g/mol. The van der Waals surface area contributed by atoms with E-state index >= 15 is 0 Å². The van der Waals surface area contributed by atoms with Crippen molar-refractivity contribution in [3.05, 3.63) is 24.0 Å². The van der Waals surface area contributed by atoms with Gasteiger partial charge < -0.3 is 14.9 Å². The van der Waals surface area contributed by atoms with Gasteiger partial charge in [-0.1, -0.05) is 0 Å². The highest BCUT2D eigenvalue weighted by Crippen LogP contribution is 2.25. The average Bonchev–Trinajstić information content (AvgIpc) is 2.46. The van der Waals surface area contributed by atoms with E-state index in [1.54, 1.807) is 26.4 Å². The number of hydrogen-bond donors (Lipinski definition) is 1. The smallest absolute Gasteiger partial charge is 0.303 e. The van der Waals surface area contributed by atoms with Crippen molar-refractivity contribution in [2.75, 3.05) is 32.1 Å². The quantitative estimate of drug-likeness (QED) is 0.909. The lowest BCUT2D eigenvalue weighted by molar-refractivity contribution is -0.138. The van der Waals surface area contributed by atoms with Gasteiger partial charge in [0.05, 0.1) is 0 Å². The molecule has 1 aromatic rings. The predicted octanol–water partition coefficient (Wildman–Crippen LogP) is 1.47. The maximum atomic E-state index is 12.0. The molecular weight excluding hydrogens is 270 g/mol. The van der Waals surface area contributed by atoms with Gasteiger partial charge in [0.1, 0.15) is 5.69 Å². The van der Waals surface area contributed by atoms with Crippen LogP contribution in [0.5, 0.6) is 0 Å². The van der Waals surface area contributed by atoms with E-state index in [4.69, 9.17) is 5.11 Å². The largest absolute Gasteiger partial charge is 0.481 e. The molecule has 1 aromatic heterocycles. The number of carboxylic acid groups (broad SMARTS) is 1. The van der Waals surface area contributed by atoms with Crippen molar-refractivity contribution in [1.82, 2.24) is 9.88 Å². The highest BCUT2D eigenvalue weighted by atomic mass is 16.4. The molecule has 1 atom stereocenters. The normalized spacial score (nSPS) is 18.4. The molecule has 0 spiro atoms. The topological polar surface area (TPSA) is 73.7 Å². The first-order valence-electron chi connectivity index (χ1n) is 7.12. The van der Waals surface area contributed by atoms with Gasteiger partial charge in [0.2, 0.25) is 0 Å². The minimum absolute atomic E-state index is 0.129. The van der Waals surface area contributed by atoms with Gasteiger partial charge in [-0.25, -0.2) is 0 Å². The van der Waals surface area contributed by atoms with Crippen LogP contribution in [0.25, 0.3) is 0 Å². The number of aromatic nitrogens is 1. The summed E-state index contributed by atoms with van der Waals surface area (Å²) in [7, 11) is 3.39. The Morgan fingerprint density at radius 3 is 2.90 bits per heavy atom. The number of aliphatic carboxylic acids is 1. The number of pyridine rings is 1. The summed E-state index contributed by atoms with van der Waals surface area (Å²) in [6.45, 7) is 1.60. The summed E-state index contributed by atoms with van der Waals surface area (Å²) in [6.07, 6.45) is 3.74. The Morgan fingerprint density at radius 1 is 1.48 bits per heavy atom. The van der Waals surface area contributed by atoms with Crippen LogP contribution < -0.4 is 4.90 Å². The van der Waals surface area contributed by atoms with Gasteiger partial charge in [-0.15, -0.1) is 0 Å². The van der Waals surface area contributed by atoms with Crippen molar-refractivity contribution in [2.24, 2.45) is 5.92 Å². The van der Waals surface area contributed by atoms with E-state index in [-0.39, 0.29) is 18.2 Å². The number of rotatable bonds is 4. The van der Waals surface area contributed by atoms with Gasteiger partial charge in [-0.05, 0) is 30.9 Å². The predicted molar refractivity (Wildman–Crippen MR) is 79.4 cm³/mol. The first kappa shape index (κ1) is 15.3. The Morgan fingerprint density at radius 2 is 2.24 bits per heavy atom. The molecule has 0 radical (unpaired) electrons. The summed E-state index contributed by atoms with van der Waals surface area (Å²) < 4.78 is 0. The number of carboxylic acids is 1. The molecule has 2 heterocycles. The van der Waals surface area contributed by atoms with Crippen LogP contribution in [0.1, 0.15) is 29.8 Å². The second-order valence-corrected chi connectivity index (χ2v) is 5.65. The number of piperidine rings is 1. The lowest BCUT2D eigenvalue weighted by Crippen LogP contribution is -2.36. The molecule has 6 heteroatoms. The fraction of sp³-hybridized carbons (Fsp3) is 0.533. The summed E-state index contributed by atoms with van der Waals surface area (Å²) in [5, 5.41) is 8.92. The first-order chi connectivity index (χ1) is 9.97. The van der Waals surface area contributed by atoms with Crippen molar-refractivity contribution in [1.29, 1.82) is 0 Å². The fourth-order valence-corrected chi connectivity index (χ4v) is 2.68. The number of hydrogen-bond acceptors (Lipinski definition) is 4. The minimum atomic E-state index is -0.750. The van der Waals surface area contributed by atoms with E-state index in [1.807, 2.05) is 6.07 Å². The molecule has 21 heavy (non-hydrogen) atoms. The van der Waals surface area contributed by atoms with Crippen LogP contribution in [-0.2, 0) is 4.79 Å². The van der Waals surface area contributed by atoms with E-state index in [0.29, 0.717) is 12.2 Å². The summed E-state index contributed by atoms with van der Waals surface area (Å²) in [5.74, 6) is -0.714. The van der Waals surface area contributed by atoms with Crippen LogP contribution in [0.4, 0.5) is 5.69 Å². The van der Waals surface area contributed by atoms with Gasteiger partial charge in [0.15, 0.2) is 0 Å². The van der Waals surface area contributed by atoms with Gasteiger partial charge in [0, 0.05) is 45.5 Å². The SMILES string of the molecule is CN(C)C(=O)c1cc(N2CCCC(CC(=O)O)C2)ccn1. The zero-order chi connectivity index (χ0) is 15.4. The summed E-state index contributed by atoms with van der Waals surface area (Å²) >= 11 is 0. The van der Waals surface area contributed by atoms with Crippen molar-refractivity contribution in [3.8, 4) is 0 Å². The van der Waals surface area contributed by atoms with Crippen molar-refractivity contribution in [3.63, 3.8) is 0 Å². The van der Waals surface area contributed by atoms with E-state index in [9.17, 15) is 9.59 Å². The molecule has 1 fully saturated rings. The molecule has 1 aliphatic heterocycles. The molecular formula is C15H21N3O3. The molecule has 1 saturated heterocycles. The summed E-state index contributed by atoms with van der Waals surface area (Å²) in [5.41, 5.74) is 1.35. The van der Waals surface area contributed by atoms with Crippen LogP contribution in [-0.4, -0.2) is 54.1 Å². The molecule has 1 N–H and O–H groups in total. The van der Waals surface area contributed by atoms with E-state index in [1.165, 1.54) is 4.90 Å². The van der Waals surface area contributed by atoms with Crippen LogP contribution in [0.2, 0.25) is 0 Å². The van der Waals surface area contributed by atoms with E-state index in [2.05, 4.69) is 9.88 Å². The Bertz CT molecular complexity index is 531. The van der Waals surface area contributed by atoms with Crippen LogP contribution in [0.15, 0.2) is 18.3 Å². The molecule has 1 amide bonds. The van der Waals surface area contributed by atoms with Crippen molar-refractivity contribution in [2.45, 2.75) is 19.3 Å². The van der Waals surface area contributed by atoms with Crippen molar-refractivity contribution >= 4 is 17.6 Å². The minimum Gasteiger partial charge on any atom is -0.481 e. The standard InChI is InChI=1S/C15H21N3O3/c1-17(2)15(21)13-9-12(5-6-16-13)18-7-3-4-11(10-18)8-14(19)20/h5-6,9,11H,3-4,7-8,10H2,1-2H3,(H,19,20). The third-order valence-electron chi connectivity index (χ3n) is 3.72. The lowest BCUT2D eigenvalue weighted by Gasteiger charge is -2.34. The van der Waals surface area contributed by atoms with Crippen LogP contribution in [0.3, 0.4) is 0 Å². The lowest BCUT2D eigenvalue weighted by atomic mass is 9.94. The second kappa shape index (κ2) is 6.56. The highest BCUT2D eigenvalue weighted by molar-refractivity contribution is 5.92. The molecule has 6 nitrogen and oxygen atoms in total. The third-order valence-corrected chi connectivity index (χ3v) is 3.72. The number of amides is 1. The molecule has 0 saturated carbocycles. The van der Waals surface area contributed by atoms with Gasteiger partial charge in [-0.2, -0.15) is 0 Å². The Hall–Kier alpha value is -2.11. The summed E-state index contributed by atoms with van der Waals surface area (Å²) in [4.78, 5) is 30.6. The van der Waals surface area contributed by atoms with Crippen LogP contribution >= 0.6 is 0 Å². The zero-order valence-corrected chi connectivity index (χ0v) is 12.5. The molecule has 0 aromatic carbocycles. The summed E-state index contributed by atoms with van der Waals surface area (Å²) in [6, 6.07) is 3.65. The van der Waals surface area contributed by atoms with Gasteiger partial charge in [0.25, 0.3) is 5.91 Å². The Labute approximate surface area is 124 Å². The molecule has 0 aliphatic carbocycles. The zero-order valence-electron chi connectivity index (χ0n) is 12.5. The second-order valence-electron chi connectivity index (χ2n) is 5.65. The number of nitrogens with zero attached hydrogens (tertiary/aromatic N) is 3. The van der Waals surface area contributed by atoms with Crippen molar-refractivity contribution < 1.29 is 14.7 Å². The van der Waals surface area contributed by atoms with Gasteiger partial charge in [-0.3, -0.25) is 14.6 Å². The highest BCUT2D eigenvalue weighted by Gasteiger charge is 2.23. The molecule has 0 bridgehead atoms. The van der Waals surface area contributed by atoms with Gasteiger partial charge >= 0.3 is 5.97 Å². The molecule has 2 rings (SSSR count). The molecule has 114 valence electrons. The first-order valence-corrected chi connectivity index (χ1v) is 7.12. The molecule has 1 unspecified atom stereocenters. The molecule has 1 aliphatic rings.